The van der Waals surface area contributed by atoms with E-state index in [0.717, 1.165) is 17.6 Å². The van der Waals surface area contributed by atoms with Gasteiger partial charge < -0.3 is 29.9 Å². The van der Waals surface area contributed by atoms with Gasteiger partial charge in [0.25, 0.3) is 5.91 Å². The number of hydrogen-bond donors (Lipinski definition) is 1. The van der Waals surface area contributed by atoms with Crippen LogP contribution < -0.4 is 20.3 Å². The second-order valence-corrected chi connectivity index (χ2v) is 10.3. The van der Waals surface area contributed by atoms with Crippen molar-refractivity contribution in [1.82, 2.24) is 4.90 Å². The molecule has 2 saturated heterocycles. The molecule has 4 rings (SSSR count). The zero-order valence-corrected chi connectivity index (χ0v) is 19.8. The second-order valence-electron chi connectivity index (χ2n) is 8.26. The van der Waals surface area contributed by atoms with Crippen LogP contribution in [0.4, 0.5) is 17.1 Å². The second kappa shape index (κ2) is 9.48. The minimum absolute atomic E-state index is 0.148. The van der Waals surface area contributed by atoms with Gasteiger partial charge in [0.05, 0.1) is 36.5 Å². The van der Waals surface area contributed by atoms with Crippen molar-refractivity contribution in [2.75, 3.05) is 81.4 Å². The summed E-state index contributed by atoms with van der Waals surface area (Å²) in [5.74, 6) is 0.477. The number of methoxy groups -OCH3 is 1. The van der Waals surface area contributed by atoms with E-state index >= 15 is 0 Å². The van der Waals surface area contributed by atoms with E-state index in [2.05, 4.69) is 9.80 Å². The van der Waals surface area contributed by atoms with Crippen LogP contribution in [0.5, 0.6) is 5.75 Å². The predicted molar refractivity (Wildman–Crippen MR) is 128 cm³/mol. The molecule has 9 nitrogen and oxygen atoms in total. The summed E-state index contributed by atoms with van der Waals surface area (Å²) in [4.78, 5) is 19.7. The molecule has 0 unspecified atom stereocenters. The first-order valence-corrected chi connectivity index (χ1v) is 12.8. The Morgan fingerprint density at radius 1 is 0.970 bits per heavy atom. The molecule has 0 radical (unpaired) electrons. The van der Waals surface area contributed by atoms with Crippen molar-refractivity contribution in [3.63, 3.8) is 0 Å². The lowest BCUT2D eigenvalue weighted by Crippen LogP contribution is -2.49. The van der Waals surface area contributed by atoms with Gasteiger partial charge in [0, 0.05) is 56.9 Å². The van der Waals surface area contributed by atoms with E-state index in [1.54, 1.807) is 24.1 Å². The smallest absolute Gasteiger partial charge is 0.256 e. The van der Waals surface area contributed by atoms with Gasteiger partial charge in [-0.25, -0.2) is 8.42 Å². The monoisotopic (exact) mass is 474 g/mol. The molecule has 2 aromatic carbocycles. The summed E-state index contributed by atoms with van der Waals surface area (Å²) >= 11 is 0. The van der Waals surface area contributed by atoms with Crippen LogP contribution in [0.1, 0.15) is 10.4 Å². The minimum atomic E-state index is -3.44. The molecule has 0 spiro atoms. The number of nitrogens with zero attached hydrogens (tertiary/aromatic N) is 3. The van der Waals surface area contributed by atoms with Crippen LogP contribution >= 0.6 is 0 Å². The van der Waals surface area contributed by atoms with Gasteiger partial charge >= 0.3 is 0 Å². The quantitative estimate of drug-likeness (QED) is 0.650. The van der Waals surface area contributed by atoms with Crippen LogP contribution in [0.15, 0.2) is 41.3 Å². The van der Waals surface area contributed by atoms with Crippen LogP contribution in [-0.2, 0) is 14.6 Å². The van der Waals surface area contributed by atoms with Gasteiger partial charge in [-0.1, -0.05) is 0 Å². The molecular formula is C23H30N4O5S. The van der Waals surface area contributed by atoms with Crippen molar-refractivity contribution in [2.24, 2.45) is 0 Å². The number of hydrogen-bond acceptors (Lipinski definition) is 8. The number of anilines is 3. The number of carbonyl (C=O) groups excluding carboxylic acids is 1. The number of benzene rings is 2. The van der Waals surface area contributed by atoms with E-state index in [4.69, 9.17) is 15.2 Å². The maximum absolute atomic E-state index is 13.5. The zero-order chi connectivity index (χ0) is 23.6. The molecule has 2 aromatic rings. The van der Waals surface area contributed by atoms with E-state index in [1.807, 2.05) is 18.2 Å². The first-order chi connectivity index (χ1) is 15.8. The SMILES string of the molecule is COc1ccc(N2CCN(C(=O)c3cc(S(C)(=O)=O)ccc3N3CCOCC3)CC2)cc1N. The van der Waals surface area contributed by atoms with E-state index in [0.29, 0.717) is 69.5 Å². The van der Waals surface area contributed by atoms with Crippen LogP contribution in [0.2, 0.25) is 0 Å². The summed E-state index contributed by atoms with van der Waals surface area (Å²) in [6.07, 6.45) is 1.16. The van der Waals surface area contributed by atoms with Gasteiger partial charge in [-0.2, -0.15) is 0 Å². The molecule has 0 bridgehead atoms. The van der Waals surface area contributed by atoms with Crippen molar-refractivity contribution < 1.29 is 22.7 Å². The fourth-order valence-electron chi connectivity index (χ4n) is 4.25. The molecule has 0 saturated carbocycles. The van der Waals surface area contributed by atoms with Crippen molar-refractivity contribution in [1.29, 1.82) is 0 Å². The summed E-state index contributed by atoms with van der Waals surface area (Å²) in [7, 11) is -1.85. The molecular weight excluding hydrogens is 444 g/mol. The van der Waals surface area contributed by atoms with E-state index in [-0.39, 0.29) is 10.8 Å². The lowest BCUT2D eigenvalue weighted by atomic mass is 10.1. The maximum Gasteiger partial charge on any atom is 0.256 e. The number of nitrogens with two attached hydrogens (primary N) is 1. The van der Waals surface area contributed by atoms with E-state index in [1.165, 1.54) is 6.07 Å². The third-order valence-electron chi connectivity index (χ3n) is 6.12. The Morgan fingerprint density at radius 2 is 1.67 bits per heavy atom. The largest absolute Gasteiger partial charge is 0.495 e. The molecule has 1 amide bonds. The molecule has 33 heavy (non-hydrogen) atoms. The normalized spacial score (nSPS) is 17.2. The number of rotatable bonds is 5. The van der Waals surface area contributed by atoms with Gasteiger partial charge in [0.1, 0.15) is 5.75 Å². The first kappa shape index (κ1) is 23.2. The fourth-order valence-corrected chi connectivity index (χ4v) is 4.90. The molecule has 2 aliphatic heterocycles. The molecule has 0 aromatic heterocycles. The van der Waals surface area contributed by atoms with Crippen molar-refractivity contribution in [3.8, 4) is 5.75 Å². The number of morpholine rings is 1. The van der Waals surface area contributed by atoms with Gasteiger partial charge in [-0.15, -0.1) is 0 Å². The Labute approximate surface area is 194 Å². The highest BCUT2D eigenvalue weighted by molar-refractivity contribution is 7.90. The first-order valence-electron chi connectivity index (χ1n) is 10.9. The fraction of sp³-hybridized carbons (Fsp3) is 0.435. The lowest BCUT2D eigenvalue weighted by Gasteiger charge is -2.37. The van der Waals surface area contributed by atoms with Crippen LogP contribution in [0.3, 0.4) is 0 Å². The molecule has 2 aliphatic rings. The highest BCUT2D eigenvalue weighted by Crippen LogP contribution is 2.29. The summed E-state index contributed by atoms with van der Waals surface area (Å²) in [6, 6.07) is 10.5. The van der Waals surface area contributed by atoms with Gasteiger partial charge in [-0.05, 0) is 36.4 Å². The summed E-state index contributed by atoms with van der Waals surface area (Å²) < 4.78 is 35.0. The van der Waals surface area contributed by atoms with Crippen molar-refractivity contribution in [3.05, 3.63) is 42.0 Å². The topological polar surface area (TPSA) is 105 Å². The highest BCUT2D eigenvalue weighted by atomic mass is 32.2. The Morgan fingerprint density at radius 3 is 2.27 bits per heavy atom. The van der Waals surface area contributed by atoms with Gasteiger partial charge in [0.15, 0.2) is 9.84 Å². The number of nitrogen functional groups attached to an aromatic ring is 1. The molecule has 10 heteroatoms. The zero-order valence-electron chi connectivity index (χ0n) is 19.0. The Kier molecular flexibility index (Phi) is 6.66. The predicted octanol–water partition coefficient (Wildman–Crippen LogP) is 1.48. The Bertz CT molecular complexity index is 1120. The average molecular weight is 475 g/mol. The summed E-state index contributed by atoms with van der Waals surface area (Å²) in [6.45, 7) is 4.81. The van der Waals surface area contributed by atoms with E-state index < -0.39 is 9.84 Å². The highest BCUT2D eigenvalue weighted by Gasteiger charge is 2.27. The summed E-state index contributed by atoms with van der Waals surface area (Å²) in [5, 5.41) is 0. The van der Waals surface area contributed by atoms with Crippen LogP contribution in [0.25, 0.3) is 0 Å². The van der Waals surface area contributed by atoms with E-state index in [9.17, 15) is 13.2 Å². The third-order valence-corrected chi connectivity index (χ3v) is 7.23. The average Bonchev–Trinajstić information content (AvgIpc) is 2.83. The minimum Gasteiger partial charge on any atom is -0.495 e. The Balaban J connectivity index is 1.54. The molecule has 2 heterocycles. The third kappa shape index (κ3) is 5.01. The standard InChI is InChI=1S/C23H30N4O5S/c1-31-22-6-3-17(15-20(22)24)25-7-9-27(10-8-25)23(28)19-16-18(33(2,29)30)4-5-21(19)26-11-13-32-14-12-26/h3-6,15-16H,7-14,24H2,1-2H3. The molecule has 2 fully saturated rings. The van der Waals surface area contributed by atoms with Gasteiger partial charge in [0.2, 0.25) is 0 Å². The molecule has 0 aliphatic carbocycles. The number of piperazine rings is 1. The molecule has 0 atom stereocenters. The molecule has 2 N–H and O–H groups in total. The number of ether oxygens (including phenoxy) is 2. The number of sulfone groups is 1. The Hall–Kier alpha value is -2.98. The lowest BCUT2D eigenvalue weighted by molar-refractivity contribution is 0.0746. The number of amides is 1. The van der Waals surface area contributed by atoms with Crippen LogP contribution in [0, 0.1) is 0 Å². The van der Waals surface area contributed by atoms with Crippen molar-refractivity contribution in [2.45, 2.75) is 4.90 Å². The molecule has 178 valence electrons. The number of carbonyl (C=O) groups is 1. The van der Waals surface area contributed by atoms with Gasteiger partial charge in [-0.3, -0.25) is 4.79 Å². The van der Waals surface area contributed by atoms with Crippen LogP contribution in [-0.4, -0.2) is 85.1 Å². The maximum atomic E-state index is 13.5. The summed E-state index contributed by atoms with van der Waals surface area (Å²) in [5.41, 5.74) is 8.77. The van der Waals surface area contributed by atoms with Crippen molar-refractivity contribution >= 4 is 32.8 Å².